The summed E-state index contributed by atoms with van der Waals surface area (Å²) >= 11 is 0.886. The fourth-order valence-electron chi connectivity index (χ4n) is 1.91. The molecule has 0 bridgehead atoms. The number of nitrogens with two attached hydrogens (primary N) is 1. The topological polar surface area (TPSA) is 89.2 Å². The summed E-state index contributed by atoms with van der Waals surface area (Å²) in [7, 11) is -3.59. The summed E-state index contributed by atoms with van der Waals surface area (Å²) in [5.41, 5.74) is 7.47. The predicted molar refractivity (Wildman–Crippen MR) is 67.2 cm³/mol. The first-order valence-corrected chi connectivity index (χ1v) is 7.49. The van der Waals surface area contributed by atoms with Gasteiger partial charge in [-0.05, 0) is 11.1 Å². The quantitative estimate of drug-likeness (QED) is 0.881. The van der Waals surface area contributed by atoms with Crippen molar-refractivity contribution in [2.75, 3.05) is 5.73 Å². The second-order valence-electron chi connectivity index (χ2n) is 3.95. The highest BCUT2D eigenvalue weighted by Gasteiger charge is 2.32. The number of anilines is 1. The average Bonchev–Trinajstić information content (AvgIpc) is 2.94. The number of rotatable bonds is 2. The van der Waals surface area contributed by atoms with Gasteiger partial charge in [-0.1, -0.05) is 35.6 Å². The molecule has 0 radical (unpaired) electrons. The molecule has 0 saturated carbocycles. The predicted octanol–water partition coefficient (Wildman–Crippen LogP) is 0.825. The van der Waals surface area contributed by atoms with Crippen LogP contribution in [0.1, 0.15) is 11.1 Å². The normalized spacial score (nSPS) is 15.8. The minimum absolute atomic E-state index is 0.0483. The minimum Gasteiger partial charge on any atom is -0.374 e. The fraction of sp³-hybridized carbons (Fsp3) is 0.200. The number of fused-ring (bicyclic) bond motifs is 1. The van der Waals surface area contributed by atoms with Gasteiger partial charge in [-0.25, -0.2) is 8.42 Å². The van der Waals surface area contributed by atoms with Crippen molar-refractivity contribution in [1.82, 2.24) is 14.5 Å². The molecule has 94 valence electrons. The second kappa shape index (κ2) is 4.01. The van der Waals surface area contributed by atoms with Gasteiger partial charge < -0.3 is 5.73 Å². The highest BCUT2D eigenvalue weighted by molar-refractivity contribution is 7.91. The number of sulfonamides is 1. The molecule has 8 heteroatoms. The molecule has 2 heterocycles. The smallest absolute Gasteiger partial charge is 0.272 e. The Morgan fingerprint density at radius 3 is 2.28 bits per heavy atom. The molecule has 6 nitrogen and oxygen atoms in total. The first-order valence-electron chi connectivity index (χ1n) is 5.23. The number of hydrogen-bond donors (Lipinski definition) is 1. The van der Waals surface area contributed by atoms with Crippen molar-refractivity contribution in [2.24, 2.45) is 0 Å². The summed E-state index contributed by atoms with van der Waals surface area (Å²) in [6, 6.07) is 7.66. The van der Waals surface area contributed by atoms with Gasteiger partial charge in [0.15, 0.2) is 0 Å². The monoisotopic (exact) mass is 282 g/mol. The van der Waals surface area contributed by atoms with E-state index in [9.17, 15) is 8.42 Å². The largest absolute Gasteiger partial charge is 0.374 e. The van der Waals surface area contributed by atoms with Crippen molar-refractivity contribution >= 4 is 26.5 Å². The van der Waals surface area contributed by atoms with Crippen LogP contribution < -0.4 is 5.73 Å². The maximum absolute atomic E-state index is 12.3. The van der Waals surface area contributed by atoms with E-state index in [0.29, 0.717) is 13.1 Å². The molecule has 1 aliphatic heterocycles. The van der Waals surface area contributed by atoms with Gasteiger partial charge >= 0.3 is 0 Å². The molecular weight excluding hydrogens is 272 g/mol. The molecular formula is C10H10N4O2S2. The SMILES string of the molecule is Nc1nnc(S(=O)(=O)N2Cc3ccccc3C2)s1. The molecule has 1 aromatic carbocycles. The summed E-state index contributed by atoms with van der Waals surface area (Å²) in [6.45, 7) is 0.746. The van der Waals surface area contributed by atoms with Crippen LogP contribution >= 0.6 is 11.3 Å². The van der Waals surface area contributed by atoms with Gasteiger partial charge in [0.1, 0.15) is 0 Å². The molecule has 0 spiro atoms. The van der Waals surface area contributed by atoms with Crippen LogP contribution in [0.15, 0.2) is 28.6 Å². The lowest BCUT2D eigenvalue weighted by molar-refractivity contribution is 0.430. The van der Waals surface area contributed by atoms with E-state index in [0.717, 1.165) is 22.5 Å². The third-order valence-corrected chi connectivity index (χ3v) is 5.68. The molecule has 0 aliphatic carbocycles. The summed E-state index contributed by atoms with van der Waals surface area (Å²) in [5, 5.41) is 7.31. The molecule has 1 aliphatic rings. The van der Waals surface area contributed by atoms with Crippen molar-refractivity contribution in [3.8, 4) is 0 Å². The fourth-order valence-corrected chi connectivity index (χ4v) is 4.23. The van der Waals surface area contributed by atoms with Crippen molar-refractivity contribution in [2.45, 2.75) is 17.4 Å². The van der Waals surface area contributed by atoms with E-state index in [1.807, 2.05) is 24.3 Å². The van der Waals surface area contributed by atoms with Gasteiger partial charge in [-0.3, -0.25) is 0 Å². The molecule has 0 fully saturated rings. The number of nitrogen functional groups attached to an aromatic ring is 1. The summed E-state index contributed by atoms with van der Waals surface area (Å²) in [6.07, 6.45) is 0. The maximum Gasteiger partial charge on any atom is 0.272 e. The average molecular weight is 282 g/mol. The number of hydrogen-bond acceptors (Lipinski definition) is 6. The lowest BCUT2D eigenvalue weighted by atomic mass is 10.1. The highest BCUT2D eigenvalue weighted by Crippen LogP contribution is 2.29. The Labute approximate surface area is 108 Å². The van der Waals surface area contributed by atoms with Crippen LogP contribution in [0, 0.1) is 0 Å². The van der Waals surface area contributed by atoms with E-state index in [1.54, 1.807) is 0 Å². The summed E-state index contributed by atoms with van der Waals surface area (Å²) < 4.78 is 25.9. The number of benzene rings is 1. The Morgan fingerprint density at radius 1 is 1.17 bits per heavy atom. The van der Waals surface area contributed by atoms with Crippen LogP contribution in [0.5, 0.6) is 0 Å². The Bertz CT molecular complexity index is 670. The van der Waals surface area contributed by atoms with E-state index in [2.05, 4.69) is 10.2 Å². The lowest BCUT2D eigenvalue weighted by Gasteiger charge is -2.12. The minimum atomic E-state index is -3.59. The van der Waals surface area contributed by atoms with Gasteiger partial charge in [0.25, 0.3) is 10.0 Å². The van der Waals surface area contributed by atoms with E-state index >= 15 is 0 Å². The van der Waals surface area contributed by atoms with E-state index in [4.69, 9.17) is 5.73 Å². The van der Waals surface area contributed by atoms with E-state index < -0.39 is 10.0 Å². The molecule has 0 saturated heterocycles. The first kappa shape index (κ1) is 11.6. The molecule has 18 heavy (non-hydrogen) atoms. The Balaban J connectivity index is 1.95. The Hall–Kier alpha value is -1.51. The van der Waals surface area contributed by atoms with Crippen molar-refractivity contribution in [1.29, 1.82) is 0 Å². The maximum atomic E-state index is 12.3. The Kier molecular flexibility index (Phi) is 2.58. The molecule has 1 aromatic heterocycles. The van der Waals surface area contributed by atoms with Gasteiger partial charge in [0, 0.05) is 13.1 Å². The van der Waals surface area contributed by atoms with Crippen LogP contribution in [0.25, 0.3) is 0 Å². The van der Waals surface area contributed by atoms with Gasteiger partial charge in [-0.2, -0.15) is 4.31 Å². The highest BCUT2D eigenvalue weighted by atomic mass is 32.2. The third-order valence-electron chi connectivity index (χ3n) is 2.79. The molecule has 2 N–H and O–H groups in total. The molecule has 0 atom stereocenters. The van der Waals surface area contributed by atoms with Gasteiger partial charge in [0.2, 0.25) is 9.47 Å². The summed E-state index contributed by atoms with van der Waals surface area (Å²) in [4.78, 5) is 0. The lowest BCUT2D eigenvalue weighted by Crippen LogP contribution is -2.25. The van der Waals surface area contributed by atoms with Gasteiger partial charge in [0.05, 0.1) is 0 Å². The zero-order chi connectivity index (χ0) is 12.8. The number of aromatic nitrogens is 2. The standard InChI is InChI=1S/C10H10N4O2S2/c11-9-12-13-10(17-9)18(15,16)14-5-7-3-1-2-4-8(7)6-14/h1-4H,5-6H2,(H2,11,12). The van der Waals surface area contributed by atoms with Crippen LogP contribution in [0.3, 0.4) is 0 Å². The summed E-state index contributed by atoms with van der Waals surface area (Å²) in [5.74, 6) is 0. The van der Waals surface area contributed by atoms with Crippen molar-refractivity contribution in [3.63, 3.8) is 0 Å². The van der Waals surface area contributed by atoms with Crippen LogP contribution in [-0.2, 0) is 23.1 Å². The Morgan fingerprint density at radius 2 is 1.78 bits per heavy atom. The van der Waals surface area contributed by atoms with Crippen molar-refractivity contribution in [3.05, 3.63) is 35.4 Å². The third kappa shape index (κ3) is 1.78. The zero-order valence-electron chi connectivity index (χ0n) is 9.28. The molecule has 2 aromatic rings. The number of nitrogens with zero attached hydrogens (tertiary/aromatic N) is 3. The molecule has 0 unspecified atom stereocenters. The van der Waals surface area contributed by atoms with Gasteiger partial charge in [-0.15, -0.1) is 10.2 Å². The van der Waals surface area contributed by atoms with Crippen LogP contribution in [0.4, 0.5) is 5.13 Å². The van der Waals surface area contributed by atoms with Crippen molar-refractivity contribution < 1.29 is 8.42 Å². The zero-order valence-corrected chi connectivity index (χ0v) is 10.9. The second-order valence-corrected chi connectivity index (χ2v) is 7.07. The molecule has 3 rings (SSSR count). The van der Waals surface area contributed by atoms with Crippen LogP contribution in [0.2, 0.25) is 0 Å². The molecule has 0 amide bonds. The first-order chi connectivity index (χ1) is 8.57. The van der Waals surface area contributed by atoms with E-state index in [1.165, 1.54) is 4.31 Å². The van der Waals surface area contributed by atoms with Crippen LogP contribution in [-0.4, -0.2) is 22.9 Å². The van der Waals surface area contributed by atoms with E-state index in [-0.39, 0.29) is 9.47 Å².